The first-order chi connectivity index (χ1) is 6.01. The Kier molecular flexibility index (Phi) is 3.39. The summed E-state index contributed by atoms with van der Waals surface area (Å²) in [5.74, 6) is 0.744. The maximum Gasteiger partial charge on any atom is 0.0609 e. The molecule has 0 amide bonds. The third kappa shape index (κ3) is 2.25. The van der Waals surface area contributed by atoms with Gasteiger partial charge in [0.05, 0.1) is 12.2 Å². The van der Waals surface area contributed by atoms with Gasteiger partial charge in [-0.1, -0.05) is 34.1 Å². The molecule has 0 spiro atoms. The molecular formula is C12H24O. The number of ether oxygens (including phenoxy) is 1. The molecule has 1 saturated heterocycles. The molecule has 1 aliphatic rings. The van der Waals surface area contributed by atoms with E-state index in [-0.39, 0.29) is 0 Å². The molecule has 0 saturated carbocycles. The van der Waals surface area contributed by atoms with Gasteiger partial charge in [0.25, 0.3) is 0 Å². The minimum Gasteiger partial charge on any atom is -0.375 e. The van der Waals surface area contributed by atoms with Crippen LogP contribution in [-0.4, -0.2) is 12.2 Å². The van der Waals surface area contributed by atoms with Crippen molar-refractivity contribution < 1.29 is 4.74 Å². The van der Waals surface area contributed by atoms with E-state index in [0.29, 0.717) is 17.6 Å². The summed E-state index contributed by atoms with van der Waals surface area (Å²) in [5.41, 5.74) is 0.465. The maximum absolute atomic E-state index is 5.97. The molecule has 1 rings (SSSR count). The van der Waals surface area contributed by atoms with Gasteiger partial charge in [0.15, 0.2) is 0 Å². The zero-order valence-corrected chi connectivity index (χ0v) is 9.76. The van der Waals surface area contributed by atoms with Crippen molar-refractivity contribution in [3.8, 4) is 0 Å². The second kappa shape index (κ2) is 4.00. The average Bonchev–Trinajstić information content (AvgIpc) is 2.01. The van der Waals surface area contributed by atoms with Gasteiger partial charge in [-0.2, -0.15) is 0 Å². The van der Waals surface area contributed by atoms with Crippen LogP contribution in [0.25, 0.3) is 0 Å². The molecule has 3 atom stereocenters. The maximum atomic E-state index is 5.97. The molecule has 78 valence electrons. The summed E-state index contributed by atoms with van der Waals surface area (Å²) < 4.78 is 5.97. The molecule has 0 aromatic rings. The van der Waals surface area contributed by atoms with Gasteiger partial charge in [0.1, 0.15) is 0 Å². The smallest absolute Gasteiger partial charge is 0.0609 e. The van der Waals surface area contributed by atoms with Crippen LogP contribution in [0.2, 0.25) is 0 Å². The molecule has 3 unspecified atom stereocenters. The number of rotatable bonds is 2. The highest BCUT2D eigenvalue weighted by Gasteiger charge is 2.40. The lowest BCUT2D eigenvalue weighted by Crippen LogP contribution is -2.44. The molecule has 0 aromatic carbocycles. The van der Waals surface area contributed by atoms with Crippen molar-refractivity contribution in [1.82, 2.24) is 0 Å². The van der Waals surface area contributed by atoms with E-state index in [1.54, 1.807) is 0 Å². The van der Waals surface area contributed by atoms with Crippen molar-refractivity contribution in [1.29, 1.82) is 0 Å². The molecular weight excluding hydrogens is 160 g/mol. The first-order valence-electron chi connectivity index (χ1n) is 5.66. The van der Waals surface area contributed by atoms with Crippen molar-refractivity contribution in [2.24, 2.45) is 11.3 Å². The second-order valence-electron chi connectivity index (χ2n) is 5.10. The zero-order valence-electron chi connectivity index (χ0n) is 9.76. The highest BCUT2D eigenvalue weighted by atomic mass is 16.5. The van der Waals surface area contributed by atoms with E-state index in [0.717, 1.165) is 12.3 Å². The minimum absolute atomic E-state index is 0.447. The lowest BCUT2D eigenvalue weighted by Gasteiger charge is -2.46. The van der Waals surface area contributed by atoms with Crippen molar-refractivity contribution in [2.45, 2.75) is 66.1 Å². The van der Waals surface area contributed by atoms with E-state index in [1.165, 1.54) is 12.8 Å². The zero-order chi connectivity index (χ0) is 10.1. The number of hydrogen-bond acceptors (Lipinski definition) is 1. The van der Waals surface area contributed by atoms with Gasteiger partial charge in [0, 0.05) is 0 Å². The summed E-state index contributed by atoms with van der Waals surface area (Å²) >= 11 is 0. The van der Waals surface area contributed by atoms with E-state index in [2.05, 4.69) is 34.6 Å². The highest BCUT2D eigenvalue weighted by molar-refractivity contribution is 4.89. The van der Waals surface area contributed by atoms with Crippen LogP contribution < -0.4 is 0 Å². The van der Waals surface area contributed by atoms with E-state index in [1.807, 2.05) is 0 Å². The monoisotopic (exact) mass is 184 g/mol. The minimum atomic E-state index is 0.447. The number of hydrogen-bond donors (Lipinski definition) is 0. The Labute approximate surface area is 82.9 Å². The van der Waals surface area contributed by atoms with Gasteiger partial charge >= 0.3 is 0 Å². The van der Waals surface area contributed by atoms with E-state index >= 15 is 0 Å². The van der Waals surface area contributed by atoms with Crippen LogP contribution in [0.1, 0.15) is 53.9 Å². The Morgan fingerprint density at radius 2 is 1.85 bits per heavy atom. The van der Waals surface area contributed by atoms with Crippen LogP contribution in [0, 0.1) is 11.3 Å². The standard InChI is InChI=1S/C12H24O/c1-6-10-11(7-2)13-9(3)8-12(10,4)5/h9-11H,6-8H2,1-5H3. The summed E-state index contributed by atoms with van der Waals surface area (Å²) in [5, 5.41) is 0. The molecule has 1 fully saturated rings. The molecule has 0 N–H and O–H groups in total. The van der Waals surface area contributed by atoms with Crippen LogP contribution in [-0.2, 0) is 4.74 Å². The van der Waals surface area contributed by atoms with Gasteiger partial charge in [-0.05, 0) is 31.1 Å². The predicted octanol–water partition coefficient (Wildman–Crippen LogP) is 3.63. The molecule has 0 aliphatic carbocycles. The third-order valence-electron chi connectivity index (χ3n) is 3.52. The van der Waals surface area contributed by atoms with Gasteiger partial charge < -0.3 is 4.74 Å². The average molecular weight is 184 g/mol. The highest BCUT2D eigenvalue weighted by Crippen LogP contribution is 2.43. The lowest BCUT2D eigenvalue weighted by atomic mass is 9.68. The van der Waals surface area contributed by atoms with Crippen molar-refractivity contribution in [3.63, 3.8) is 0 Å². The molecule has 13 heavy (non-hydrogen) atoms. The van der Waals surface area contributed by atoms with Gasteiger partial charge in [0.2, 0.25) is 0 Å². The van der Waals surface area contributed by atoms with E-state index in [4.69, 9.17) is 4.74 Å². The summed E-state index contributed by atoms with van der Waals surface area (Å²) in [7, 11) is 0. The normalized spacial score (nSPS) is 39.0. The molecule has 1 aliphatic heterocycles. The fourth-order valence-corrected chi connectivity index (χ4v) is 3.03. The molecule has 0 radical (unpaired) electrons. The summed E-state index contributed by atoms with van der Waals surface area (Å²) in [6, 6.07) is 0. The fourth-order valence-electron chi connectivity index (χ4n) is 3.03. The molecule has 1 heterocycles. The van der Waals surface area contributed by atoms with E-state index < -0.39 is 0 Å². The Morgan fingerprint density at radius 1 is 1.23 bits per heavy atom. The van der Waals surface area contributed by atoms with Gasteiger partial charge in [-0.3, -0.25) is 0 Å². The second-order valence-corrected chi connectivity index (χ2v) is 5.10. The lowest BCUT2D eigenvalue weighted by molar-refractivity contribution is -0.131. The van der Waals surface area contributed by atoms with Crippen LogP contribution in [0.15, 0.2) is 0 Å². The Morgan fingerprint density at radius 3 is 2.31 bits per heavy atom. The molecule has 0 aromatic heterocycles. The summed E-state index contributed by atoms with van der Waals surface area (Å²) in [6.07, 6.45) is 4.55. The first kappa shape index (κ1) is 11.0. The molecule has 1 heteroatoms. The molecule has 0 bridgehead atoms. The first-order valence-corrected chi connectivity index (χ1v) is 5.66. The van der Waals surface area contributed by atoms with Gasteiger partial charge in [-0.15, -0.1) is 0 Å². The Balaban J connectivity index is 2.74. The van der Waals surface area contributed by atoms with Crippen molar-refractivity contribution >= 4 is 0 Å². The van der Waals surface area contributed by atoms with Crippen molar-refractivity contribution in [2.75, 3.05) is 0 Å². The van der Waals surface area contributed by atoms with E-state index in [9.17, 15) is 0 Å². The van der Waals surface area contributed by atoms with Crippen molar-refractivity contribution in [3.05, 3.63) is 0 Å². The predicted molar refractivity (Wildman–Crippen MR) is 56.8 cm³/mol. The molecule has 1 nitrogen and oxygen atoms in total. The quantitative estimate of drug-likeness (QED) is 0.637. The van der Waals surface area contributed by atoms with Gasteiger partial charge in [-0.25, -0.2) is 0 Å². The van der Waals surface area contributed by atoms with Crippen LogP contribution in [0.5, 0.6) is 0 Å². The fraction of sp³-hybridized carbons (Fsp3) is 1.00. The topological polar surface area (TPSA) is 9.23 Å². The Bertz CT molecular complexity index is 163. The Hall–Kier alpha value is -0.0400. The largest absolute Gasteiger partial charge is 0.375 e. The SMILES string of the molecule is CCC1OC(C)CC(C)(C)C1CC. The third-order valence-corrected chi connectivity index (χ3v) is 3.52. The van der Waals surface area contributed by atoms with Crippen LogP contribution in [0.4, 0.5) is 0 Å². The summed E-state index contributed by atoms with van der Waals surface area (Å²) in [4.78, 5) is 0. The van der Waals surface area contributed by atoms with Crippen LogP contribution >= 0.6 is 0 Å². The van der Waals surface area contributed by atoms with Crippen LogP contribution in [0.3, 0.4) is 0 Å². The summed E-state index contributed by atoms with van der Waals surface area (Å²) in [6.45, 7) is 11.5.